The molecule has 2 heterocycles. The van der Waals surface area contributed by atoms with E-state index in [1.165, 1.54) is 0 Å². The molecule has 1 fully saturated rings. The summed E-state index contributed by atoms with van der Waals surface area (Å²) >= 11 is 6.46. The molecule has 0 radical (unpaired) electrons. The van der Waals surface area contributed by atoms with Gasteiger partial charge in [-0.2, -0.15) is 0 Å². The summed E-state index contributed by atoms with van der Waals surface area (Å²) in [6.07, 6.45) is 1.92. The van der Waals surface area contributed by atoms with Crippen LogP contribution in [0.3, 0.4) is 0 Å². The van der Waals surface area contributed by atoms with E-state index in [1.54, 1.807) is 0 Å². The Balaban J connectivity index is 1.75. The predicted octanol–water partition coefficient (Wildman–Crippen LogP) is 3.40. The van der Waals surface area contributed by atoms with E-state index >= 15 is 0 Å². The highest BCUT2D eigenvalue weighted by Crippen LogP contribution is 2.29. The minimum Gasteiger partial charge on any atom is -0.441 e. The van der Waals surface area contributed by atoms with Gasteiger partial charge < -0.3 is 9.15 Å². The first kappa shape index (κ1) is 12.0. The van der Waals surface area contributed by atoms with E-state index in [0.29, 0.717) is 12.3 Å². The van der Waals surface area contributed by atoms with Gasteiger partial charge in [0.1, 0.15) is 5.52 Å². The van der Waals surface area contributed by atoms with Crippen molar-refractivity contribution in [1.82, 2.24) is 4.98 Å². The van der Waals surface area contributed by atoms with Crippen LogP contribution in [-0.2, 0) is 11.2 Å². The van der Waals surface area contributed by atoms with Crippen LogP contribution < -0.4 is 0 Å². The number of oxazole rings is 1. The molecule has 0 N–H and O–H groups in total. The Morgan fingerprint density at radius 2 is 2.28 bits per heavy atom. The molecule has 18 heavy (non-hydrogen) atoms. The van der Waals surface area contributed by atoms with E-state index in [1.807, 2.05) is 24.3 Å². The second kappa shape index (κ2) is 4.90. The number of alkyl halides is 1. The zero-order chi connectivity index (χ0) is 12.5. The molecule has 3 rings (SSSR count). The fraction of sp³-hybridized carbons (Fsp3) is 0.500. The van der Waals surface area contributed by atoms with E-state index < -0.39 is 0 Å². The van der Waals surface area contributed by atoms with E-state index in [4.69, 9.17) is 20.8 Å². The quantitative estimate of drug-likeness (QED) is 0.798. The van der Waals surface area contributed by atoms with Crippen LogP contribution in [0.15, 0.2) is 28.7 Å². The summed E-state index contributed by atoms with van der Waals surface area (Å²) in [6, 6.07) is 7.78. The second-order valence-corrected chi connectivity index (χ2v) is 5.38. The molecule has 3 atom stereocenters. The normalized spacial score (nSPS) is 25.7. The summed E-state index contributed by atoms with van der Waals surface area (Å²) in [5, 5.41) is 0.0237. The van der Waals surface area contributed by atoms with E-state index in [0.717, 1.165) is 30.0 Å². The topological polar surface area (TPSA) is 35.3 Å². The molecule has 0 amide bonds. The van der Waals surface area contributed by atoms with Crippen molar-refractivity contribution in [3.8, 4) is 0 Å². The summed E-state index contributed by atoms with van der Waals surface area (Å²) in [6.45, 7) is 2.89. The SMILES string of the molecule is CC1OCCC1C(Cl)Cc1nc2ccccc2o1. The Hall–Kier alpha value is -1.06. The van der Waals surface area contributed by atoms with Gasteiger partial charge in [0.2, 0.25) is 0 Å². The molecule has 1 saturated heterocycles. The molecule has 0 bridgehead atoms. The minimum atomic E-state index is 0.0237. The minimum absolute atomic E-state index is 0.0237. The first-order valence-corrected chi connectivity index (χ1v) is 6.78. The molecule has 1 aliphatic heterocycles. The van der Waals surface area contributed by atoms with Crippen LogP contribution >= 0.6 is 11.6 Å². The van der Waals surface area contributed by atoms with Crippen molar-refractivity contribution < 1.29 is 9.15 Å². The lowest BCUT2D eigenvalue weighted by Crippen LogP contribution is -2.23. The van der Waals surface area contributed by atoms with Crippen LogP contribution in [0.2, 0.25) is 0 Å². The fourth-order valence-corrected chi connectivity index (χ4v) is 3.01. The number of fused-ring (bicyclic) bond motifs is 1. The smallest absolute Gasteiger partial charge is 0.196 e. The van der Waals surface area contributed by atoms with Gasteiger partial charge >= 0.3 is 0 Å². The van der Waals surface area contributed by atoms with Gasteiger partial charge in [0, 0.05) is 24.3 Å². The molecule has 4 heteroatoms. The summed E-state index contributed by atoms with van der Waals surface area (Å²) < 4.78 is 11.2. The summed E-state index contributed by atoms with van der Waals surface area (Å²) in [5.74, 6) is 1.11. The highest BCUT2D eigenvalue weighted by molar-refractivity contribution is 6.20. The van der Waals surface area contributed by atoms with Gasteiger partial charge in [-0.1, -0.05) is 12.1 Å². The molecule has 96 valence electrons. The van der Waals surface area contributed by atoms with Gasteiger partial charge in [0.15, 0.2) is 11.5 Å². The predicted molar refractivity (Wildman–Crippen MR) is 70.9 cm³/mol. The summed E-state index contributed by atoms with van der Waals surface area (Å²) in [4.78, 5) is 4.46. The van der Waals surface area contributed by atoms with Gasteiger partial charge in [-0.15, -0.1) is 11.6 Å². The molecule has 1 aliphatic rings. The van der Waals surface area contributed by atoms with Gasteiger partial charge in [-0.25, -0.2) is 4.98 Å². The number of benzene rings is 1. The van der Waals surface area contributed by atoms with E-state index in [-0.39, 0.29) is 11.5 Å². The van der Waals surface area contributed by atoms with Crippen LogP contribution in [0.25, 0.3) is 11.1 Å². The van der Waals surface area contributed by atoms with Crippen LogP contribution in [0.1, 0.15) is 19.2 Å². The fourth-order valence-electron chi connectivity index (χ4n) is 2.55. The largest absolute Gasteiger partial charge is 0.441 e. The number of aromatic nitrogens is 1. The molecule has 0 saturated carbocycles. The Morgan fingerprint density at radius 1 is 1.44 bits per heavy atom. The van der Waals surface area contributed by atoms with Crippen LogP contribution in [0.5, 0.6) is 0 Å². The van der Waals surface area contributed by atoms with Gasteiger partial charge in [-0.3, -0.25) is 0 Å². The van der Waals surface area contributed by atoms with Gasteiger partial charge in [-0.05, 0) is 25.5 Å². The number of ether oxygens (including phenoxy) is 1. The number of hydrogen-bond acceptors (Lipinski definition) is 3. The van der Waals surface area contributed by atoms with Crippen LogP contribution in [0, 0.1) is 5.92 Å². The lowest BCUT2D eigenvalue weighted by Gasteiger charge is -2.18. The lowest BCUT2D eigenvalue weighted by atomic mass is 9.96. The molecule has 2 aromatic rings. The van der Waals surface area contributed by atoms with E-state index in [2.05, 4.69) is 11.9 Å². The van der Waals surface area contributed by atoms with Crippen molar-refractivity contribution in [1.29, 1.82) is 0 Å². The summed E-state index contributed by atoms with van der Waals surface area (Å²) in [7, 11) is 0. The zero-order valence-electron chi connectivity index (χ0n) is 10.3. The highest BCUT2D eigenvalue weighted by Gasteiger charge is 2.31. The number of nitrogens with zero attached hydrogens (tertiary/aromatic N) is 1. The third-order valence-corrected chi connectivity index (χ3v) is 4.09. The molecular formula is C14H16ClNO2. The van der Waals surface area contributed by atoms with Crippen molar-refractivity contribution in [3.63, 3.8) is 0 Å². The Morgan fingerprint density at radius 3 is 3.00 bits per heavy atom. The molecule has 1 aromatic heterocycles. The lowest BCUT2D eigenvalue weighted by molar-refractivity contribution is 0.104. The third-order valence-electron chi connectivity index (χ3n) is 3.61. The molecule has 1 aromatic carbocycles. The Bertz CT molecular complexity index is 506. The average molecular weight is 266 g/mol. The molecular weight excluding hydrogens is 250 g/mol. The third kappa shape index (κ3) is 2.25. The second-order valence-electron chi connectivity index (χ2n) is 4.82. The number of rotatable bonds is 3. The van der Waals surface area contributed by atoms with Gasteiger partial charge in [0.25, 0.3) is 0 Å². The maximum Gasteiger partial charge on any atom is 0.196 e. The number of halogens is 1. The molecule has 0 aliphatic carbocycles. The van der Waals surface area contributed by atoms with Crippen LogP contribution in [0.4, 0.5) is 0 Å². The summed E-state index contributed by atoms with van der Waals surface area (Å²) in [5.41, 5.74) is 1.72. The van der Waals surface area contributed by atoms with Crippen LogP contribution in [-0.4, -0.2) is 23.1 Å². The zero-order valence-corrected chi connectivity index (χ0v) is 11.1. The van der Waals surface area contributed by atoms with Gasteiger partial charge in [0.05, 0.1) is 6.10 Å². The Kier molecular flexibility index (Phi) is 3.27. The van der Waals surface area contributed by atoms with Crippen molar-refractivity contribution in [3.05, 3.63) is 30.2 Å². The molecule has 0 spiro atoms. The first-order chi connectivity index (χ1) is 8.74. The number of para-hydroxylation sites is 2. The van der Waals surface area contributed by atoms with Crippen molar-refractivity contribution in [2.45, 2.75) is 31.2 Å². The monoisotopic (exact) mass is 265 g/mol. The van der Waals surface area contributed by atoms with Crippen molar-refractivity contribution in [2.24, 2.45) is 5.92 Å². The maximum absolute atomic E-state index is 6.46. The standard InChI is InChI=1S/C14H16ClNO2/c1-9-10(6-7-17-9)11(15)8-14-16-12-4-2-3-5-13(12)18-14/h2-5,9-11H,6-8H2,1H3. The maximum atomic E-state index is 6.46. The highest BCUT2D eigenvalue weighted by atomic mass is 35.5. The molecule has 3 nitrogen and oxygen atoms in total. The number of hydrogen-bond donors (Lipinski definition) is 0. The van der Waals surface area contributed by atoms with Crippen molar-refractivity contribution in [2.75, 3.05) is 6.61 Å². The van der Waals surface area contributed by atoms with Crippen molar-refractivity contribution >= 4 is 22.7 Å². The molecule has 3 unspecified atom stereocenters. The van der Waals surface area contributed by atoms with E-state index in [9.17, 15) is 0 Å². The Labute approximate surface area is 111 Å². The average Bonchev–Trinajstić information content (AvgIpc) is 2.94. The first-order valence-electron chi connectivity index (χ1n) is 6.34.